The van der Waals surface area contributed by atoms with Crippen molar-refractivity contribution in [2.75, 3.05) is 23.3 Å². The van der Waals surface area contributed by atoms with Crippen LogP contribution in [-0.2, 0) is 6.42 Å². The molecule has 1 fully saturated rings. The Morgan fingerprint density at radius 3 is 2.48 bits per heavy atom. The Hall–Kier alpha value is -3.09. The number of aromatic nitrogens is 1. The Bertz CT molecular complexity index is 1080. The molecular weight excluding hydrogens is 350 g/mol. The van der Waals surface area contributed by atoms with Crippen LogP contribution >= 0.6 is 0 Å². The van der Waals surface area contributed by atoms with Gasteiger partial charge in [0.05, 0.1) is 16.6 Å². The topological polar surface area (TPSA) is 86.1 Å². The average molecular weight is 372 g/mol. The maximum atomic E-state index is 15.2. The summed E-state index contributed by atoms with van der Waals surface area (Å²) >= 11 is 0. The second-order valence-electron chi connectivity index (χ2n) is 6.88. The number of nitrogens with zero attached hydrogens (tertiary/aromatic N) is 1. The van der Waals surface area contributed by atoms with Crippen LogP contribution in [-0.4, -0.2) is 11.1 Å². The quantitative estimate of drug-likeness (QED) is 0.597. The zero-order valence-corrected chi connectivity index (χ0v) is 14.6. The van der Waals surface area contributed by atoms with E-state index in [4.69, 9.17) is 11.5 Å². The highest BCUT2D eigenvalue weighted by molar-refractivity contribution is 5.95. The van der Waals surface area contributed by atoms with E-state index in [2.05, 4.69) is 5.32 Å². The molecule has 1 aliphatic carbocycles. The molecule has 5 nitrogen and oxygen atoms in total. The third-order valence-corrected chi connectivity index (χ3v) is 4.92. The van der Waals surface area contributed by atoms with Gasteiger partial charge in [-0.25, -0.2) is 8.78 Å². The first-order valence-electron chi connectivity index (χ1n) is 8.87. The number of hydrogen-bond donors (Lipinski definition) is 3. The number of hydrogen-bond acceptors (Lipinski definition) is 4. The Morgan fingerprint density at radius 2 is 1.81 bits per heavy atom. The molecule has 1 aliphatic rings. The molecule has 0 bridgehead atoms. The summed E-state index contributed by atoms with van der Waals surface area (Å²) in [5.74, 6) is -1.71. The van der Waals surface area contributed by atoms with Crippen LogP contribution in [0.1, 0.15) is 25.9 Å². The second-order valence-corrected chi connectivity index (χ2v) is 6.88. The van der Waals surface area contributed by atoms with Gasteiger partial charge >= 0.3 is 0 Å². The van der Waals surface area contributed by atoms with Crippen molar-refractivity contribution in [3.63, 3.8) is 0 Å². The normalized spacial score (nSPS) is 13.9. The van der Waals surface area contributed by atoms with Gasteiger partial charge in [-0.05, 0) is 37.0 Å². The molecular formula is C20H22F2N4O. The fraction of sp³-hybridized carbons (Fsp3) is 0.250. The number of benzene rings is 2. The first-order chi connectivity index (χ1) is 13.0. The Kier molecular flexibility index (Phi) is 4.22. The molecule has 7 heteroatoms. The number of nitrogens with two attached hydrogens (primary N) is 2. The zero-order chi connectivity index (χ0) is 19.1. The number of halogens is 2. The Morgan fingerprint density at radius 1 is 1.11 bits per heavy atom. The monoisotopic (exact) mass is 372 g/mol. The van der Waals surface area contributed by atoms with Crippen molar-refractivity contribution in [2.45, 2.75) is 25.3 Å². The fourth-order valence-electron chi connectivity index (χ4n) is 3.32. The number of nitrogen functional groups attached to an aromatic ring is 2. The van der Waals surface area contributed by atoms with E-state index < -0.39 is 17.1 Å². The highest BCUT2D eigenvalue weighted by Gasteiger charge is 2.29. The predicted molar refractivity (Wildman–Crippen MR) is 106 cm³/mol. The fourth-order valence-corrected chi connectivity index (χ4v) is 3.32. The van der Waals surface area contributed by atoms with Gasteiger partial charge in [0.25, 0.3) is 0 Å². The minimum Gasteiger partial charge on any atom is -0.399 e. The molecule has 0 spiro atoms. The zero-order valence-electron chi connectivity index (χ0n) is 14.6. The number of nitrogens with one attached hydrogen (secondary N) is 1. The van der Waals surface area contributed by atoms with E-state index in [1.807, 2.05) is 12.1 Å². The van der Waals surface area contributed by atoms with Crippen molar-refractivity contribution in [1.29, 1.82) is 0 Å². The smallest absolute Gasteiger partial charge is 0.191 e. The van der Waals surface area contributed by atoms with E-state index in [9.17, 15) is 9.18 Å². The highest BCUT2D eigenvalue weighted by Crippen LogP contribution is 2.40. The van der Waals surface area contributed by atoms with Gasteiger partial charge in [-0.15, -0.1) is 0 Å². The molecule has 142 valence electrons. The van der Waals surface area contributed by atoms with Crippen molar-refractivity contribution in [3.8, 4) is 0 Å². The lowest BCUT2D eigenvalue weighted by atomic mass is 10.1. The van der Waals surface area contributed by atoms with Crippen molar-refractivity contribution in [3.05, 3.63) is 63.9 Å². The lowest BCUT2D eigenvalue weighted by molar-refractivity contribution is 0.590. The van der Waals surface area contributed by atoms with Crippen LogP contribution in [0, 0.1) is 11.6 Å². The SMILES string of the molecule is Nc1ccc(CCNc2c(F)c(N)c3c(=O)ccn(C4CC4)c3c2F)cc1.[HH]. The van der Waals surface area contributed by atoms with Gasteiger partial charge < -0.3 is 21.4 Å². The lowest BCUT2D eigenvalue weighted by Crippen LogP contribution is -2.16. The molecule has 0 unspecified atom stereocenters. The van der Waals surface area contributed by atoms with Gasteiger partial charge in [0.1, 0.15) is 5.69 Å². The number of rotatable bonds is 5. The third kappa shape index (κ3) is 3.09. The third-order valence-electron chi connectivity index (χ3n) is 4.92. The molecule has 27 heavy (non-hydrogen) atoms. The van der Waals surface area contributed by atoms with Crippen LogP contribution in [0.3, 0.4) is 0 Å². The maximum Gasteiger partial charge on any atom is 0.191 e. The van der Waals surface area contributed by atoms with E-state index in [1.54, 1.807) is 22.9 Å². The van der Waals surface area contributed by atoms with Crippen LogP contribution in [0.25, 0.3) is 10.9 Å². The predicted octanol–water partition coefficient (Wildman–Crippen LogP) is 3.68. The van der Waals surface area contributed by atoms with E-state index >= 15 is 4.39 Å². The standard InChI is InChI=1S/C20H20F2N4O.H2/c21-16-18(24)15-14(27)8-10-26(13-5-6-13)20(15)17(22)19(16)25-9-7-11-1-3-12(23)4-2-11;/h1-4,8,10,13,25H,5-7,9,23-24H2;1H. The second kappa shape index (κ2) is 6.57. The van der Waals surface area contributed by atoms with Gasteiger partial charge in [-0.3, -0.25) is 4.79 Å². The first-order valence-corrected chi connectivity index (χ1v) is 8.87. The van der Waals surface area contributed by atoms with E-state index in [0.29, 0.717) is 18.7 Å². The number of fused-ring (bicyclic) bond motifs is 1. The molecule has 0 amide bonds. The number of pyridine rings is 1. The maximum absolute atomic E-state index is 15.2. The minimum absolute atomic E-state index is 0. The Labute approximate surface area is 156 Å². The van der Waals surface area contributed by atoms with Crippen LogP contribution < -0.4 is 22.2 Å². The van der Waals surface area contributed by atoms with Crippen molar-refractivity contribution < 1.29 is 10.2 Å². The molecule has 2 aromatic carbocycles. The van der Waals surface area contributed by atoms with Gasteiger partial charge in [-0.2, -0.15) is 0 Å². The van der Waals surface area contributed by atoms with Crippen LogP contribution in [0.4, 0.5) is 25.8 Å². The molecule has 0 saturated heterocycles. The van der Waals surface area contributed by atoms with E-state index in [0.717, 1.165) is 18.4 Å². The summed E-state index contributed by atoms with van der Waals surface area (Å²) < 4.78 is 31.6. The molecule has 1 aromatic heterocycles. The van der Waals surface area contributed by atoms with Crippen molar-refractivity contribution in [1.82, 2.24) is 4.57 Å². The first kappa shape index (κ1) is 17.3. The molecule has 4 rings (SSSR count). The lowest BCUT2D eigenvalue weighted by Gasteiger charge is -2.17. The average Bonchev–Trinajstić information content (AvgIpc) is 3.49. The molecule has 0 atom stereocenters. The summed E-state index contributed by atoms with van der Waals surface area (Å²) in [5, 5.41) is 2.71. The van der Waals surface area contributed by atoms with Gasteiger partial charge in [0.15, 0.2) is 17.1 Å². The molecule has 0 radical (unpaired) electrons. The highest BCUT2D eigenvalue weighted by atomic mass is 19.1. The molecule has 1 heterocycles. The largest absolute Gasteiger partial charge is 0.399 e. The van der Waals surface area contributed by atoms with Crippen LogP contribution in [0.5, 0.6) is 0 Å². The Balaban J connectivity index is 0.00000225. The summed E-state index contributed by atoms with van der Waals surface area (Å²) in [6.07, 6.45) is 3.91. The minimum atomic E-state index is -0.928. The van der Waals surface area contributed by atoms with Gasteiger partial charge in [-0.1, -0.05) is 12.1 Å². The van der Waals surface area contributed by atoms with Gasteiger partial charge in [0, 0.05) is 32.0 Å². The van der Waals surface area contributed by atoms with Crippen LogP contribution in [0.15, 0.2) is 41.3 Å². The summed E-state index contributed by atoms with van der Waals surface area (Å²) in [7, 11) is 0. The summed E-state index contributed by atoms with van der Waals surface area (Å²) in [6.45, 7) is 0.309. The van der Waals surface area contributed by atoms with Gasteiger partial charge in [0.2, 0.25) is 0 Å². The molecule has 3 aromatic rings. The molecule has 5 N–H and O–H groups in total. The van der Waals surface area contributed by atoms with E-state index in [-0.39, 0.29) is 29.7 Å². The van der Waals surface area contributed by atoms with Crippen molar-refractivity contribution >= 4 is 28.0 Å². The summed E-state index contributed by atoms with van der Waals surface area (Å²) in [5.41, 5.74) is 12.1. The molecule has 0 aliphatic heterocycles. The van der Waals surface area contributed by atoms with E-state index in [1.165, 1.54) is 6.07 Å². The summed E-state index contributed by atoms with van der Waals surface area (Å²) in [6, 6.07) is 8.71. The number of anilines is 3. The van der Waals surface area contributed by atoms with Crippen LogP contribution in [0.2, 0.25) is 0 Å². The van der Waals surface area contributed by atoms with Crippen molar-refractivity contribution in [2.24, 2.45) is 0 Å². The molecule has 1 saturated carbocycles. The summed E-state index contributed by atoms with van der Waals surface area (Å²) in [4.78, 5) is 12.2.